The summed E-state index contributed by atoms with van der Waals surface area (Å²) in [6.45, 7) is 1.82. The van der Waals surface area contributed by atoms with Gasteiger partial charge in [-0.1, -0.05) is 34.5 Å². The second-order valence-electron chi connectivity index (χ2n) is 7.37. The molecule has 1 aromatic carbocycles. The number of carbonyl (C=O) groups is 1. The van der Waals surface area contributed by atoms with Crippen molar-refractivity contribution >= 4 is 67.2 Å². The van der Waals surface area contributed by atoms with Gasteiger partial charge < -0.3 is 11.1 Å². The number of nitrogens with one attached hydrogen (secondary N) is 1. The summed E-state index contributed by atoms with van der Waals surface area (Å²) in [5, 5.41) is 17.0. The van der Waals surface area contributed by atoms with Gasteiger partial charge in [-0.3, -0.25) is 4.79 Å². The molecule has 14 heteroatoms. The van der Waals surface area contributed by atoms with Crippen molar-refractivity contribution in [3.05, 3.63) is 75.0 Å². The van der Waals surface area contributed by atoms with E-state index in [-0.39, 0.29) is 10.8 Å². The molecular weight excluding hydrogens is 589 g/mol. The number of nitrogen functional groups attached to an aromatic ring is 1. The SMILES string of the molecule is Cc1cc(Cl)c(-c2ccncn2)c(-c2nnc(N)s2)c1NC(=O)c1cc(Br)nn1-c1ncccc1Cl. The number of benzene rings is 1. The summed E-state index contributed by atoms with van der Waals surface area (Å²) in [5.41, 5.74) is 8.87. The van der Waals surface area contributed by atoms with Gasteiger partial charge in [0.2, 0.25) is 5.13 Å². The first kappa shape index (κ1) is 24.3. The minimum atomic E-state index is -0.465. The number of aryl methyl sites for hydroxylation is 1. The lowest BCUT2D eigenvalue weighted by Crippen LogP contribution is -2.19. The standard InChI is InChI=1S/C22H14BrCl2N9OS/c1-10-7-12(25)16(13-4-6-27-9-29-13)17(21-31-32-22(26)36-21)18(10)30-20(35)14-8-15(23)33-34(14)19-11(24)3-2-5-28-19/h2-9H,1H3,(H2,26,32)(H,30,35). The molecule has 0 aliphatic carbocycles. The van der Waals surface area contributed by atoms with Crippen LogP contribution in [0.3, 0.4) is 0 Å². The number of amides is 1. The van der Waals surface area contributed by atoms with Crippen LogP contribution in [0.15, 0.2) is 53.7 Å². The molecule has 10 nitrogen and oxygen atoms in total. The molecule has 0 aliphatic heterocycles. The highest BCUT2D eigenvalue weighted by Gasteiger charge is 2.26. The maximum Gasteiger partial charge on any atom is 0.274 e. The lowest BCUT2D eigenvalue weighted by atomic mass is 9.98. The third-order valence-electron chi connectivity index (χ3n) is 5.06. The molecule has 1 amide bonds. The number of hydrogen-bond donors (Lipinski definition) is 2. The Labute approximate surface area is 226 Å². The van der Waals surface area contributed by atoms with Crippen LogP contribution in [0, 0.1) is 6.92 Å². The third-order valence-corrected chi connectivity index (χ3v) is 6.81. The number of carbonyl (C=O) groups excluding carboxylic acids is 1. The zero-order valence-electron chi connectivity index (χ0n) is 18.3. The summed E-state index contributed by atoms with van der Waals surface area (Å²) in [5.74, 6) is -0.158. The summed E-state index contributed by atoms with van der Waals surface area (Å²) < 4.78 is 1.79. The van der Waals surface area contributed by atoms with Crippen LogP contribution >= 0.6 is 50.5 Å². The van der Waals surface area contributed by atoms with Crippen LogP contribution in [-0.4, -0.2) is 40.8 Å². The highest BCUT2D eigenvalue weighted by molar-refractivity contribution is 9.10. The molecule has 4 aromatic heterocycles. The summed E-state index contributed by atoms with van der Waals surface area (Å²) >= 11 is 17.5. The first-order chi connectivity index (χ1) is 17.3. The highest BCUT2D eigenvalue weighted by atomic mass is 79.9. The molecule has 0 saturated heterocycles. The van der Waals surface area contributed by atoms with Crippen LogP contribution in [-0.2, 0) is 0 Å². The first-order valence-corrected chi connectivity index (χ1v) is 12.6. The maximum atomic E-state index is 13.6. The van der Waals surface area contributed by atoms with E-state index in [4.69, 9.17) is 28.9 Å². The van der Waals surface area contributed by atoms with E-state index in [0.717, 1.165) is 11.3 Å². The van der Waals surface area contributed by atoms with E-state index in [1.165, 1.54) is 11.0 Å². The predicted molar refractivity (Wildman–Crippen MR) is 143 cm³/mol. The molecule has 180 valence electrons. The topological polar surface area (TPSA) is 137 Å². The van der Waals surface area contributed by atoms with Gasteiger partial charge in [0.25, 0.3) is 5.91 Å². The number of anilines is 2. The minimum absolute atomic E-state index is 0.197. The van der Waals surface area contributed by atoms with Gasteiger partial charge in [-0.25, -0.2) is 19.6 Å². The van der Waals surface area contributed by atoms with Gasteiger partial charge in [0.1, 0.15) is 16.6 Å². The number of pyridine rings is 1. The Balaban J connectivity index is 1.68. The quantitative estimate of drug-likeness (QED) is 0.271. The molecular formula is C22H14BrCl2N9OS. The number of rotatable bonds is 5. The number of halogens is 3. The van der Waals surface area contributed by atoms with Crippen LogP contribution in [0.25, 0.3) is 27.6 Å². The zero-order chi connectivity index (χ0) is 25.4. The van der Waals surface area contributed by atoms with Crippen molar-refractivity contribution in [3.63, 3.8) is 0 Å². The van der Waals surface area contributed by atoms with Crippen LogP contribution < -0.4 is 11.1 Å². The summed E-state index contributed by atoms with van der Waals surface area (Å²) in [6.07, 6.45) is 4.57. The van der Waals surface area contributed by atoms with Crippen LogP contribution in [0.2, 0.25) is 10.0 Å². The molecule has 0 saturated carbocycles. The van der Waals surface area contributed by atoms with Crippen molar-refractivity contribution in [2.24, 2.45) is 0 Å². The molecule has 0 atom stereocenters. The second-order valence-corrected chi connectivity index (χ2v) is 10.0. The normalized spacial score (nSPS) is 11.0. The smallest absolute Gasteiger partial charge is 0.274 e. The van der Waals surface area contributed by atoms with E-state index in [2.05, 4.69) is 51.5 Å². The van der Waals surface area contributed by atoms with E-state index >= 15 is 0 Å². The molecule has 5 rings (SSSR count). The average Bonchev–Trinajstić information content (AvgIpc) is 3.46. The van der Waals surface area contributed by atoms with Gasteiger partial charge >= 0.3 is 0 Å². The van der Waals surface area contributed by atoms with Gasteiger partial charge in [-0.2, -0.15) is 5.10 Å². The van der Waals surface area contributed by atoms with Crippen molar-refractivity contribution in [2.75, 3.05) is 11.1 Å². The summed E-state index contributed by atoms with van der Waals surface area (Å²) in [7, 11) is 0. The lowest BCUT2D eigenvalue weighted by Gasteiger charge is -2.18. The molecule has 0 fully saturated rings. The molecule has 0 bridgehead atoms. The van der Waals surface area contributed by atoms with Crippen molar-refractivity contribution in [3.8, 4) is 27.6 Å². The molecule has 0 unspecified atom stereocenters. The van der Waals surface area contributed by atoms with Gasteiger partial charge in [0.15, 0.2) is 10.8 Å². The molecule has 5 aromatic rings. The van der Waals surface area contributed by atoms with E-state index < -0.39 is 5.91 Å². The Hall–Kier alpha value is -3.45. The Morgan fingerprint density at radius 1 is 1.11 bits per heavy atom. The zero-order valence-corrected chi connectivity index (χ0v) is 22.2. The van der Waals surface area contributed by atoms with E-state index in [9.17, 15) is 4.79 Å². The van der Waals surface area contributed by atoms with Crippen molar-refractivity contribution in [1.29, 1.82) is 0 Å². The minimum Gasteiger partial charge on any atom is -0.374 e. The maximum absolute atomic E-state index is 13.6. The Kier molecular flexibility index (Phi) is 6.67. The largest absolute Gasteiger partial charge is 0.374 e. The van der Waals surface area contributed by atoms with Crippen LogP contribution in [0.1, 0.15) is 16.1 Å². The Bertz CT molecular complexity index is 1610. The fourth-order valence-corrected chi connectivity index (χ4v) is 5.16. The Morgan fingerprint density at radius 3 is 2.64 bits per heavy atom. The van der Waals surface area contributed by atoms with Crippen molar-refractivity contribution in [1.82, 2.24) is 34.9 Å². The molecule has 3 N–H and O–H groups in total. The van der Waals surface area contributed by atoms with Gasteiger partial charge in [0.05, 0.1) is 21.4 Å². The monoisotopic (exact) mass is 601 g/mol. The second kappa shape index (κ2) is 9.90. The van der Waals surface area contributed by atoms with E-state index in [1.807, 2.05) is 6.92 Å². The van der Waals surface area contributed by atoms with Crippen molar-refractivity contribution in [2.45, 2.75) is 6.92 Å². The highest BCUT2D eigenvalue weighted by Crippen LogP contribution is 2.45. The number of hydrogen-bond acceptors (Lipinski definition) is 9. The van der Waals surface area contributed by atoms with Crippen LogP contribution in [0.5, 0.6) is 0 Å². The van der Waals surface area contributed by atoms with Crippen LogP contribution in [0.4, 0.5) is 10.8 Å². The Morgan fingerprint density at radius 2 is 1.94 bits per heavy atom. The molecule has 4 heterocycles. The summed E-state index contributed by atoms with van der Waals surface area (Å²) in [6, 6.07) is 8.38. The van der Waals surface area contributed by atoms with Gasteiger partial charge in [-0.15, -0.1) is 10.2 Å². The molecule has 0 aliphatic rings. The number of nitrogens with zero attached hydrogens (tertiary/aromatic N) is 7. The summed E-state index contributed by atoms with van der Waals surface area (Å²) in [4.78, 5) is 26.2. The third kappa shape index (κ3) is 4.55. The average molecular weight is 603 g/mol. The molecule has 0 spiro atoms. The fourth-order valence-electron chi connectivity index (χ4n) is 3.56. The number of nitrogens with two attached hydrogens (primary N) is 1. The van der Waals surface area contributed by atoms with Gasteiger partial charge in [0, 0.05) is 29.6 Å². The van der Waals surface area contributed by atoms with E-state index in [0.29, 0.717) is 53.5 Å². The lowest BCUT2D eigenvalue weighted by molar-refractivity contribution is 0.101. The molecule has 36 heavy (non-hydrogen) atoms. The predicted octanol–water partition coefficient (Wildman–Crippen LogP) is 5.46. The van der Waals surface area contributed by atoms with E-state index in [1.54, 1.807) is 42.7 Å². The van der Waals surface area contributed by atoms with Gasteiger partial charge in [-0.05, 0) is 52.7 Å². The first-order valence-electron chi connectivity index (χ1n) is 10.2. The molecule has 0 radical (unpaired) electrons. The van der Waals surface area contributed by atoms with Crippen molar-refractivity contribution < 1.29 is 4.79 Å². The number of aromatic nitrogens is 7. The fraction of sp³-hybridized carbons (Fsp3) is 0.0455.